The van der Waals surface area contributed by atoms with Crippen LogP contribution in [0, 0.1) is 11.7 Å². The van der Waals surface area contributed by atoms with Crippen LogP contribution in [-0.2, 0) is 4.79 Å². The normalized spacial score (nSPS) is 13.5. The summed E-state index contributed by atoms with van der Waals surface area (Å²) in [5, 5.41) is 14.9. The Morgan fingerprint density at radius 2 is 1.82 bits per heavy atom. The van der Waals surface area contributed by atoms with Gasteiger partial charge in [-0.1, -0.05) is 6.42 Å². The Kier molecular flexibility index (Phi) is 7.23. The molecule has 5 aromatic heterocycles. The molecule has 1 fully saturated rings. The van der Waals surface area contributed by atoms with Gasteiger partial charge in [0.25, 0.3) is 0 Å². The van der Waals surface area contributed by atoms with Crippen molar-refractivity contribution in [3.63, 3.8) is 0 Å². The molecule has 0 bridgehead atoms. The molecule has 0 spiro atoms. The number of fused-ring (bicyclic) bond motifs is 2. The van der Waals surface area contributed by atoms with Gasteiger partial charge in [-0.25, -0.2) is 9.37 Å². The number of aromatic amines is 2. The summed E-state index contributed by atoms with van der Waals surface area (Å²) in [7, 11) is 4.00. The second kappa shape index (κ2) is 11.5. The zero-order chi connectivity index (χ0) is 30.2. The summed E-state index contributed by atoms with van der Waals surface area (Å²) in [5.74, 6) is -0.196. The molecule has 0 saturated heterocycles. The maximum Gasteiger partial charge on any atom is 0.227 e. The average Bonchev–Trinajstić information content (AvgIpc) is 3.59. The molecule has 1 aliphatic rings. The minimum atomic E-state index is -0.321. The fraction of sp³-hybridized carbons (Fsp3) is 0.242. The monoisotopic (exact) mass is 589 g/mol. The van der Waals surface area contributed by atoms with Gasteiger partial charge in [-0.15, -0.1) is 0 Å². The lowest BCUT2D eigenvalue weighted by Crippen LogP contribution is -2.28. The van der Waals surface area contributed by atoms with Crippen LogP contribution in [0.5, 0.6) is 0 Å². The SMILES string of the molecule is CN(C)CCNc1cc(F)cc(-c2cncc3[nH]c(-c4n[nH]c5ccc(-c6cncc(NC(=O)C7CCC7)c6)nc45)cc23)c1. The van der Waals surface area contributed by atoms with Gasteiger partial charge in [-0.2, -0.15) is 5.10 Å². The molecule has 222 valence electrons. The number of halogens is 1. The van der Waals surface area contributed by atoms with Gasteiger partial charge in [0.2, 0.25) is 5.91 Å². The number of nitrogens with one attached hydrogen (secondary N) is 4. The summed E-state index contributed by atoms with van der Waals surface area (Å²) in [6.07, 6.45) is 9.85. The number of benzene rings is 1. The third-order valence-electron chi connectivity index (χ3n) is 8.08. The van der Waals surface area contributed by atoms with Gasteiger partial charge in [-0.05, 0) is 75.0 Å². The van der Waals surface area contributed by atoms with E-state index < -0.39 is 0 Å². The molecule has 1 saturated carbocycles. The summed E-state index contributed by atoms with van der Waals surface area (Å²) in [6.45, 7) is 1.53. The van der Waals surface area contributed by atoms with Crippen LogP contribution < -0.4 is 10.6 Å². The summed E-state index contributed by atoms with van der Waals surface area (Å²) in [5.41, 5.74) is 8.06. The van der Waals surface area contributed by atoms with Gasteiger partial charge in [0.15, 0.2) is 0 Å². The predicted molar refractivity (Wildman–Crippen MR) is 171 cm³/mol. The van der Waals surface area contributed by atoms with Gasteiger partial charge >= 0.3 is 0 Å². The van der Waals surface area contributed by atoms with E-state index in [1.807, 2.05) is 44.4 Å². The third kappa shape index (κ3) is 5.49. The van der Waals surface area contributed by atoms with Crippen molar-refractivity contribution in [2.45, 2.75) is 19.3 Å². The van der Waals surface area contributed by atoms with Crippen molar-refractivity contribution in [3.8, 4) is 33.8 Å². The Balaban J connectivity index is 1.21. The van der Waals surface area contributed by atoms with E-state index >= 15 is 0 Å². The summed E-state index contributed by atoms with van der Waals surface area (Å²) >= 11 is 0. The van der Waals surface area contributed by atoms with Gasteiger partial charge in [0.05, 0.1) is 40.5 Å². The Bertz CT molecular complexity index is 1990. The second-order valence-electron chi connectivity index (χ2n) is 11.5. The van der Waals surface area contributed by atoms with Crippen molar-refractivity contribution in [2.75, 3.05) is 37.8 Å². The molecule has 44 heavy (non-hydrogen) atoms. The minimum absolute atomic E-state index is 0.0402. The molecule has 7 rings (SSSR count). The molecular weight excluding hydrogens is 557 g/mol. The fourth-order valence-corrected chi connectivity index (χ4v) is 5.49. The molecule has 10 nitrogen and oxygen atoms in total. The summed E-state index contributed by atoms with van der Waals surface area (Å²) in [4.78, 5) is 31.7. The van der Waals surface area contributed by atoms with Crippen molar-refractivity contribution >= 4 is 39.2 Å². The van der Waals surface area contributed by atoms with Gasteiger partial charge in [-0.3, -0.25) is 19.9 Å². The van der Waals surface area contributed by atoms with Crippen molar-refractivity contribution in [1.29, 1.82) is 0 Å². The van der Waals surface area contributed by atoms with Gasteiger partial charge in [0, 0.05) is 53.6 Å². The number of rotatable bonds is 9. The molecule has 1 amide bonds. The van der Waals surface area contributed by atoms with Crippen LogP contribution >= 0.6 is 0 Å². The first kappa shape index (κ1) is 27.7. The molecule has 0 radical (unpaired) electrons. The number of hydrogen-bond acceptors (Lipinski definition) is 7. The number of likely N-dealkylation sites (N-methyl/N-ethyl adjacent to an activating group) is 1. The zero-order valence-electron chi connectivity index (χ0n) is 24.5. The number of H-pyrrole nitrogens is 2. The van der Waals surface area contributed by atoms with E-state index in [9.17, 15) is 9.18 Å². The maximum atomic E-state index is 14.7. The average molecular weight is 590 g/mol. The highest BCUT2D eigenvalue weighted by Crippen LogP contribution is 2.35. The van der Waals surface area contributed by atoms with Crippen LogP contribution in [0.2, 0.25) is 0 Å². The molecule has 0 atom stereocenters. The fourth-order valence-electron chi connectivity index (χ4n) is 5.49. The van der Waals surface area contributed by atoms with Crippen LogP contribution in [0.4, 0.5) is 15.8 Å². The number of nitrogens with zero attached hydrogens (tertiary/aromatic N) is 5. The smallest absolute Gasteiger partial charge is 0.227 e. The van der Waals surface area contributed by atoms with E-state index in [1.54, 1.807) is 24.8 Å². The molecule has 1 aliphatic carbocycles. The molecule has 1 aromatic carbocycles. The lowest BCUT2D eigenvalue weighted by atomic mass is 9.85. The lowest BCUT2D eigenvalue weighted by Gasteiger charge is -2.24. The van der Waals surface area contributed by atoms with Crippen LogP contribution in [0.3, 0.4) is 0 Å². The highest BCUT2D eigenvalue weighted by molar-refractivity contribution is 6.00. The molecule has 4 N–H and O–H groups in total. The predicted octanol–water partition coefficient (Wildman–Crippen LogP) is 6.08. The first-order valence-electron chi connectivity index (χ1n) is 14.7. The standard InChI is InChI=1S/C33H32FN9O/c1-43(2)9-8-37-23-11-20(10-22(34)13-23)26-17-36-18-30-25(26)14-29(39-30)32-31-28(41-42-32)7-6-27(40-31)21-12-24(16-35-15-21)38-33(44)19-4-3-5-19/h6-7,10-19,37,39H,3-5,8-9H2,1-2H3,(H,38,44)(H,41,42). The Hall–Kier alpha value is -5.16. The van der Waals surface area contributed by atoms with Crippen molar-refractivity contribution in [1.82, 2.24) is 35.0 Å². The first-order valence-corrected chi connectivity index (χ1v) is 14.7. The second-order valence-corrected chi connectivity index (χ2v) is 11.5. The number of pyridine rings is 3. The van der Waals surface area contributed by atoms with Crippen LogP contribution in [0.15, 0.2) is 67.3 Å². The number of hydrogen-bond donors (Lipinski definition) is 4. The number of amides is 1. The summed E-state index contributed by atoms with van der Waals surface area (Å²) < 4.78 is 14.7. The van der Waals surface area contributed by atoms with E-state index in [0.29, 0.717) is 34.8 Å². The highest BCUT2D eigenvalue weighted by Gasteiger charge is 2.25. The number of carbonyl (C=O) groups excluding carboxylic acids is 1. The van der Waals surface area contributed by atoms with E-state index in [1.165, 1.54) is 12.1 Å². The Morgan fingerprint density at radius 3 is 2.64 bits per heavy atom. The van der Waals surface area contributed by atoms with Gasteiger partial charge in [0.1, 0.15) is 17.0 Å². The van der Waals surface area contributed by atoms with Crippen molar-refractivity contribution in [3.05, 3.63) is 73.1 Å². The zero-order valence-corrected chi connectivity index (χ0v) is 24.5. The minimum Gasteiger partial charge on any atom is -0.384 e. The Labute approximate surface area is 253 Å². The number of aromatic nitrogens is 6. The molecule has 6 aromatic rings. The lowest BCUT2D eigenvalue weighted by molar-refractivity contribution is -0.122. The summed E-state index contributed by atoms with van der Waals surface area (Å²) in [6, 6.07) is 12.7. The van der Waals surface area contributed by atoms with Crippen LogP contribution in [0.25, 0.3) is 55.7 Å². The molecule has 0 unspecified atom stereocenters. The quantitative estimate of drug-likeness (QED) is 0.161. The molecule has 5 heterocycles. The molecule has 0 aliphatic heterocycles. The highest BCUT2D eigenvalue weighted by atomic mass is 19.1. The molecule has 11 heteroatoms. The van der Waals surface area contributed by atoms with Crippen LogP contribution in [0.1, 0.15) is 19.3 Å². The maximum absolute atomic E-state index is 14.7. The van der Waals surface area contributed by atoms with Crippen LogP contribution in [-0.4, -0.2) is 68.1 Å². The topological polar surface area (TPSA) is 128 Å². The van der Waals surface area contributed by atoms with E-state index in [0.717, 1.165) is 64.6 Å². The number of carbonyl (C=O) groups is 1. The molecular formula is C33H32FN9O. The van der Waals surface area contributed by atoms with E-state index in [-0.39, 0.29) is 17.6 Å². The Morgan fingerprint density at radius 1 is 0.977 bits per heavy atom. The largest absolute Gasteiger partial charge is 0.384 e. The van der Waals surface area contributed by atoms with Gasteiger partial charge < -0.3 is 20.5 Å². The first-order chi connectivity index (χ1) is 21.4. The van der Waals surface area contributed by atoms with E-state index in [2.05, 4.69) is 40.7 Å². The van der Waals surface area contributed by atoms with E-state index in [4.69, 9.17) is 4.98 Å². The third-order valence-corrected chi connectivity index (χ3v) is 8.08. The van der Waals surface area contributed by atoms with Crippen molar-refractivity contribution in [2.24, 2.45) is 5.92 Å². The number of anilines is 2. The van der Waals surface area contributed by atoms with Crippen molar-refractivity contribution < 1.29 is 9.18 Å².